The van der Waals surface area contributed by atoms with Gasteiger partial charge in [0.1, 0.15) is 6.07 Å². The highest BCUT2D eigenvalue weighted by atomic mass is 19.3. The quantitative estimate of drug-likeness (QED) is 0.591. The van der Waals surface area contributed by atoms with Crippen LogP contribution < -0.4 is 20.3 Å². The summed E-state index contributed by atoms with van der Waals surface area (Å²) >= 11 is 0. The first kappa shape index (κ1) is 20.6. The molecule has 11 nitrogen and oxygen atoms in total. The minimum atomic E-state index is -3.21. The fourth-order valence-corrected chi connectivity index (χ4v) is 3.81. The topological polar surface area (TPSA) is 138 Å². The SMILES string of the molecule is N#Cc1ccc(O[C@H]2CN(c3cc(C4CNC(=O)NC4=O)nn4ccnc34)CC2(F)F)nc1. The monoisotopic (exact) mass is 454 g/mol. The number of carbonyl (C=O) groups excluding carboxylic acids is 2. The number of carbonyl (C=O) groups is 2. The lowest BCUT2D eigenvalue weighted by Crippen LogP contribution is -2.51. The molecule has 2 aliphatic rings. The van der Waals surface area contributed by atoms with Gasteiger partial charge in [-0.05, 0) is 12.1 Å². The largest absolute Gasteiger partial charge is 0.466 e. The van der Waals surface area contributed by atoms with E-state index in [0.717, 1.165) is 0 Å². The molecule has 2 fully saturated rings. The Hall–Kier alpha value is -4.34. The number of anilines is 1. The van der Waals surface area contributed by atoms with Gasteiger partial charge in [0.2, 0.25) is 11.8 Å². The Morgan fingerprint density at radius 2 is 2.12 bits per heavy atom. The maximum absolute atomic E-state index is 14.9. The summed E-state index contributed by atoms with van der Waals surface area (Å²) in [6.45, 7) is -0.786. The Kier molecular flexibility index (Phi) is 4.77. The second kappa shape index (κ2) is 7.66. The van der Waals surface area contributed by atoms with Crippen molar-refractivity contribution < 1.29 is 23.1 Å². The van der Waals surface area contributed by atoms with Gasteiger partial charge in [-0.3, -0.25) is 10.1 Å². The number of hydrogen-bond acceptors (Lipinski definition) is 8. The molecule has 0 aromatic carbocycles. The van der Waals surface area contributed by atoms with Gasteiger partial charge in [0.25, 0.3) is 0 Å². The molecule has 0 aliphatic carbocycles. The van der Waals surface area contributed by atoms with Gasteiger partial charge in [0, 0.05) is 31.2 Å². The maximum Gasteiger partial charge on any atom is 0.321 e. The van der Waals surface area contributed by atoms with Gasteiger partial charge < -0.3 is 15.0 Å². The van der Waals surface area contributed by atoms with Gasteiger partial charge in [-0.2, -0.15) is 10.4 Å². The molecule has 3 aromatic heterocycles. The summed E-state index contributed by atoms with van der Waals surface area (Å²) in [5.41, 5.74) is 1.28. The van der Waals surface area contributed by atoms with Crippen LogP contribution in [0.4, 0.5) is 19.3 Å². The van der Waals surface area contributed by atoms with Crippen LogP contribution in [0.5, 0.6) is 5.88 Å². The Labute approximate surface area is 185 Å². The van der Waals surface area contributed by atoms with Crippen molar-refractivity contribution in [2.45, 2.75) is 17.9 Å². The van der Waals surface area contributed by atoms with Crippen molar-refractivity contribution in [1.29, 1.82) is 5.26 Å². The van der Waals surface area contributed by atoms with Crippen molar-refractivity contribution in [2.75, 3.05) is 24.5 Å². The molecule has 0 radical (unpaired) electrons. The van der Waals surface area contributed by atoms with Crippen LogP contribution in [0.2, 0.25) is 0 Å². The molecule has 2 aliphatic heterocycles. The maximum atomic E-state index is 14.9. The number of halogens is 2. The minimum absolute atomic E-state index is 0.0171. The van der Waals surface area contributed by atoms with Crippen LogP contribution in [0.15, 0.2) is 36.8 Å². The highest BCUT2D eigenvalue weighted by Crippen LogP contribution is 2.36. The number of urea groups is 1. The van der Waals surface area contributed by atoms with Crippen molar-refractivity contribution in [3.05, 3.63) is 48.0 Å². The molecule has 2 atom stereocenters. The second-order valence-corrected chi connectivity index (χ2v) is 7.65. The van der Waals surface area contributed by atoms with Crippen molar-refractivity contribution >= 4 is 23.3 Å². The number of aromatic nitrogens is 4. The number of pyridine rings is 1. The number of imide groups is 1. The van der Waals surface area contributed by atoms with Crippen LogP contribution in [-0.4, -0.2) is 63.2 Å². The lowest BCUT2D eigenvalue weighted by atomic mass is 10.0. The first-order valence-corrected chi connectivity index (χ1v) is 9.92. The molecule has 13 heteroatoms. The number of alkyl halides is 2. The molecule has 2 N–H and O–H groups in total. The zero-order valence-electron chi connectivity index (χ0n) is 16.9. The molecule has 1 unspecified atom stereocenters. The van der Waals surface area contributed by atoms with Crippen LogP contribution >= 0.6 is 0 Å². The highest BCUT2D eigenvalue weighted by Gasteiger charge is 2.51. The van der Waals surface area contributed by atoms with E-state index >= 15 is 0 Å². The molecule has 2 saturated heterocycles. The molecule has 0 saturated carbocycles. The molecule has 3 aromatic rings. The van der Waals surface area contributed by atoms with Gasteiger partial charge in [-0.15, -0.1) is 0 Å². The molecule has 33 heavy (non-hydrogen) atoms. The molecule has 3 amide bonds. The Balaban J connectivity index is 1.45. The van der Waals surface area contributed by atoms with E-state index in [0.29, 0.717) is 17.0 Å². The summed E-state index contributed by atoms with van der Waals surface area (Å²) < 4.78 is 36.6. The zero-order chi connectivity index (χ0) is 23.2. The number of hydrogen-bond donors (Lipinski definition) is 2. The van der Waals surface area contributed by atoms with Crippen LogP contribution in [0.1, 0.15) is 17.2 Å². The number of ether oxygens (including phenoxy) is 1. The summed E-state index contributed by atoms with van der Waals surface area (Å²) in [6.07, 6.45) is 2.77. The number of amides is 3. The third-order valence-electron chi connectivity index (χ3n) is 5.46. The Morgan fingerprint density at radius 3 is 2.85 bits per heavy atom. The summed E-state index contributed by atoms with van der Waals surface area (Å²) in [5, 5.41) is 17.9. The fourth-order valence-electron chi connectivity index (χ4n) is 3.81. The molecular weight excluding hydrogens is 438 g/mol. The molecule has 168 valence electrons. The number of nitriles is 1. The predicted molar refractivity (Wildman–Crippen MR) is 108 cm³/mol. The number of rotatable bonds is 4. The Bertz CT molecular complexity index is 1290. The van der Waals surface area contributed by atoms with E-state index in [1.807, 2.05) is 6.07 Å². The van der Waals surface area contributed by atoms with Crippen molar-refractivity contribution in [3.8, 4) is 11.9 Å². The van der Waals surface area contributed by atoms with Gasteiger partial charge in [0.05, 0.1) is 36.0 Å². The van der Waals surface area contributed by atoms with Crippen molar-refractivity contribution in [2.24, 2.45) is 0 Å². The normalized spacial score (nSPS) is 22.0. The smallest absolute Gasteiger partial charge is 0.321 e. The van der Waals surface area contributed by atoms with E-state index in [1.54, 1.807) is 6.20 Å². The summed E-state index contributed by atoms with van der Waals surface area (Å²) in [6, 6.07) is 5.63. The molecule has 5 heterocycles. The van der Waals surface area contributed by atoms with Crippen LogP contribution in [0.25, 0.3) is 5.65 Å². The number of imidazole rings is 1. The number of nitrogens with zero attached hydrogens (tertiary/aromatic N) is 6. The van der Waals surface area contributed by atoms with E-state index in [2.05, 4.69) is 25.7 Å². The van der Waals surface area contributed by atoms with Gasteiger partial charge in [-0.1, -0.05) is 0 Å². The van der Waals surface area contributed by atoms with Gasteiger partial charge in [0.15, 0.2) is 11.8 Å². The van der Waals surface area contributed by atoms with Gasteiger partial charge in [-0.25, -0.2) is 28.1 Å². The third kappa shape index (κ3) is 3.75. The number of fused-ring (bicyclic) bond motifs is 1. The lowest BCUT2D eigenvalue weighted by molar-refractivity contribution is -0.122. The van der Waals surface area contributed by atoms with E-state index in [4.69, 9.17) is 10.00 Å². The van der Waals surface area contributed by atoms with E-state index in [9.17, 15) is 18.4 Å². The lowest BCUT2D eigenvalue weighted by Gasteiger charge is -2.24. The standard InChI is InChI=1S/C20H16F2N8O3/c21-20(22)10-29(9-15(20)33-16-2-1-11(6-23)7-25-16)14-5-13(28-30-4-3-24-17(14)30)12-8-26-19(32)27-18(12)31/h1-5,7,12,15H,8-10H2,(H2,26,27,31,32)/t12?,15-/m0/s1. The van der Waals surface area contributed by atoms with Crippen molar-refractivity contribution in [1.82, 2.24) is 30.2 Å². The number of nitrogens with one attached hydrogen (secondary N) is 2. The van der Waals surface area contributed by atoms with E-state index in [1.165, 1.54) is 40.0 Å². The molecule has 0 bridgehead atoms. The minimum Gasteiger partial charge on any atom is -0.466 e. The van der Waals surface area contributed by atoms with Crippen LogP contribution in [0.3, 0.4) is 0 Å². The predicted octanol–water partition coefficient (Wildman–Crippen LogP) is 0.822. The van der Waals surface area contributed by atoms with Crippen LogP contribution in [-0.2, 0) is 4.79 Å². The summed E-state index contributed by atoms with van der Waals surface area (Å²) in [4.78, 5) is 33.2. The first-order chi connectivity index (χ1) is 15.8. The second-order valence-electron chi connectivity index (χ2n) is 7.65. The highest BCUT2D eigenvalue weighted by molar-refractivity contribution is 6.00. The van der Waals surface area contributed by atoms with E-state index in [-0.39, 0.29) is 24.5 Å². The summed E-state index contributed by atoms with van der Waals surface area (Å²) in [5.74, 6) is -4.54. The third-order valence-corrected chi connectivity index (χ3v) is 5.46. The first-order valence-electron chi connectivity index (χ1n) is 9.92. The zero-order valence-corrected chi connectivity index (χ0v) is 16.9. The average molecular weight is 454 g/mol. The molecule has 5 rings (SSSR count). The van der Waals surface area contributed by atoms with Gasteiger partial charge >= 0.3 is 12.0 Å². The Morgan fingerprint density at radius 1 is 1.27 bits per heavy atom. The molecule has 0 spiro atoms. The summed E-state index contributed by atoms with van der Waals surface area (Å²) in [7, 11) is 0. The molecular formula is C20H16F2N8O3. The van der Waals surface area contributed by atoms with Crippen molar-refractivity contribution in [3.63, 3.8) is 0 Å². The van der Waals surface area contributed by atoms with Crippen LogP contribution in [0, 0.1) is 11.3 Å². The fraction of sp³-hybridized carbons (Fsp3) is 0.300. The van der Waals surface area contributed by atoms with E-state index < -0.39 is 36.4 Å². The average Bonchev–Trinajstić information content (AvgIpc) is 3.37.